The van der Waals surface area contributed by atoms with Crippen LogP contribution < -0.4 is 59.1 Å². The van der Waals surface area contributed by atoms with Crippen LogP contribution in [-0.4, -0.2) is 75.3 Å². The van der Waals surface area contributed by atoms with Gasteiger partial charge in [-0.1, -0.05) is 54.4 Å². The minimum Gasteiger partial charge on any atom is -0.759 e. The first kappa shape index (κ1) is 56.3. The number of hydrogen-bond acceptors (Lipinski definition) is 14. The molecule has 2 aliphatic rings. The summed E-state index contributed by atoms with van der Waals surface area (Å²) in [5.74, 6) is 3.75. The van der Waals surface area contributed by atoms with E-state index in [1.54, 1.807) is 0 Å². The Morgan fingerprint density at radius 3 is 0.952 bits per heavy atom. The van der Waals surface area contributed by atoms with E-state index in [1.807, 2.05) is 0 Å². The summed E-state index contributed by atoms with van der Waals surface area (Å²) >= 11 is 0. The third kappa shape index (κ3) is 44.1. The van der Waals surface area contributed by atoms with Crippen LogP contribution in [0.2, 0.25) is 0 Å². The predicted octanol–water partition coefficient (Wildman–Crippen LogP) is -3.45. The normalized spacial score (nSPS) is 25.4. The summed E-state index contributed by atoms with van der Waals surface area (Å²) in [5.41, 5.74) is 0. The quantitative estimate of drug-likeness (QED) is 0.0717. The van der Waals surface area contributed by atoms with E-state index in [0.29, 0.717) is 35.5 Å². The maximum absolute atomic E-state index is 8.73. The van der Waals surface area contributed by atoms with Gasteiger partial charge in [-0.25, -0.2) is 26.6 Å². The molecule has 0 amide bonds. The minimum atomic E-state index is -5.17. The Bertz CT molecular complexity index is 825. The van der Waals surface area contributed by atoms with Crippen LogP contribution in [0.1, 0.15) is 80.1 Å². The fraction of sp³-hybridized carbons (Fsp3) is 1.00. The summed E-state index contributed by atoms with van der Waals surface area (Å²) in [7, 11) is -15.0. The van der Waals surface area contributed by atoms with Crippen molar-refractivity contribution in [1.82, 2.24) is 0 Å². The predicted molar refractivity (Wildman–Crippen MR) is 133 cm³/mol. The molecule has 0 aromatic heterocycles. The van der Waals surface area contributed by atoms with Gasteiger partial charge in [0.15, 0.2) is 0 Å². The topological polar surface area (TPSA) is 294 Å². The zero-order valence-corrected chi connectivity index (χ0v) is 32.7. The molecule has 16 nitrogen and oxygen atoms in total. The molecule has 2 saturated carbocycles. The fourth-order valence-electron chi connectivity index (χ4n) is 4.47. The molecule has 0 aromatic carbocycles. The van der Waals surface area contributed by atoms with E-state index < -0.39 is 31.2 Å². The largest absolute Gasteiger partial charge is 2.00 e. The van der Waals surface area contributed by atoms with Crippen molar-refractivity contribution < 1.29 is 149 Å². The van der Waals surface area contributed by atoms with Gasteiger partial charge >= 0.3 is 76.2 Å². The van der Waals surface area contributed by atoms with E-state index in [4.69, 9.17) is 63.1 Å². The second kappa shape index (κ2) is 28.0. The van der Waals surface area contributed by atoms with Gasteiger partial charge in [0.2, 0.25) is 20.8 Å². The Hall–Kier alpha value is 1.97. The van der Waals surface area contributed by atoms with Crippen molar-refractivity contribution in [2.75, 3.05) is 0 Å². The molecule has 2 rings (SSSR count). The molecule has 0 saturated heterocycles. The molecule has 2 fully saturated rings. The van der Waals surface area contributed by atoms with Crippen LogP contribution in [0.3, 0.4) is 0 Å². The summed E-state index contributed by atoms with van der Waals surface area (Å²) in [5, 5.41) is 17.5. The van der Waals surface area contributed by atoms with Crippen molar-refractivity contribution in [1.29, 1.82) is 0 Å². The van der Waals surface area contributed by atoms with Gasteiger partial charge in [0.1, 0.15) is 0 Å². The van der Waals surface area contributed by atoms with Gasteiger partial charge in [-0.2, -0.15) is 0 Å². The molecule has 2 aliphatic carbocycles. The second-order valence-electron chi connectivity index (χ2n) is 10.2. The molecule has 0 aromatic rings. The zero-order chi connectivity index (χ0) is 31.8. The van der Waals surface area contributed by atoms with Crippen LogP contribution in [0.4, 0.5) is 0 Å². The summed E-state index contributed by atoms with van der Waals surface area (Å²) < 4.78 is 99.7. The van der Waals surface area contributed by atoms with Crippen molar-refractivity contribution >= 4 is 31.2 Å². The van der Waals surface area contributed by atoms with Gasteiger partial charge in [-0.15, -0.1) is 0 Å². The first-order valence-electron chi connectivity index (χ1n) is 11.9. The molecule has 0 heterocycles. The number of hydrogen-bond donors (Lipinski definition) is 4. The summed E-state index contributed by atoms with van der Waals surface area (Å²) in [6.07, 6.45) is 7.14. The van der Waals surface area contributed by atoms with Gasteiger partial charge in [0.05, 0.1) is 12.2 Å². The molecular weight excluding hydrogens is 694 g/mol. The van der Waals surface area contributed by atoms with E-state index in [0.717, 1.165) is 12.8 Å². The van der Waals surface area contributed by atoms with Crippen LogP contribution >= 0.6 is 0 Å². The molecule has 0 aliphatic heterocycles. The van der Waals surface area contributed by atoms with Crippen molar-refractivity contribution in [3.05, 3.63) is 0 Å². The number of rotatable bonds is 4. The Morgan fingerprint density at radius 2 is 0.810 bits per heavy atom. The molecular formula is C20H42FeNa2O16S3. The molecule has 42 heavy (non-hydrogen) atoms. The Morgan fingerprint density at radius 1 is 0.619 bits per heavy atom. The molecule has 4 N–H and O–H groups in total. The van der Waals surface area contributed by atoms with Crippen molar-refractivity contribution in [2.24, 2.45) is 35.5 Å². The molecule has 0 spiro atoms. The molecule has 6 atom stereocenters. The van der Waals surface area contributed by atoms with Gasteiger partial charge in [0, 0.05) is 10.4 Å². The summed E-state index contributed by atoms with van der Waals surface area (Å²) in [4.78, 5) is 9.07. The van der Waals surface area contributed by atoms with E-state index in [9.17, 15) is 0 Å². The Labute approximate surface area is 305 Å². The SMILES string of the molecule is CC1CCC(C(C)C)C(OO)C1.CC1CCC(C(C)C)C(OO)C1.O=S(=O)([O-])O.O=S(=O)([O-])O.O=S(=O)([O-])[O-].[Fe+2].[Na+].[Na+]. The van der Waals surface area contributed by atoms with Crippen LogP contribution in [0.15, 0.2) is 0 Å². The maximum Gasteiger partial charge on any atom is 2.00 e. The van der Waals surface area contributed by atoms with Crippen LogP contribution in [-0.2, 0) is 58.0 Å². The third-order valence-electron chi connectivity index (χ3n) is 6.19. The van der Waals surface area contributed by atoms with Gasteiger partial charge in [0.25, 0.3) is 0 Å². The van der Waals surface area contributed by atoms with Crippen LogP contribution in [0, 0.1) is 35.5 Å². The maximum atomic E-state index is 8.73. The summed E-state index contributed by atoms with van der Waals surface area (Å²) in [6.45, 7) is 13.3. The van der Waals surface area contributed by atoms with E-state index in [2.05, 4.69) is 51.3 Å². The molecule has 0 radical (unpaired) electrons. The van der Waals surface area contributed by atoms with Crippen molar-refractivity contribution in [2.45, 2.75) is 92.3 Å². The van der Waals surface area contributed by atoms with Gasteiger partial charge < -0.3 is 18.2 Å². The Kier molecular flexibility index (Phi) is 37.6. The monoisotopic (exact) mass is 736 g/mol. The molecule has 22 heteroatoms. The molecule has 246 valence electrons. The first-order valence-corrected chi connectivity index (χ1v) is 16.0. The minimum absolute atomic E-state index is 0. The average molecular weight is 737 g/mol. The van der Waals surface area contributed by atoms with Crippen molar-refractivity contribution in [3.63, 3.8) is 0 Å². The van der Waals surface area contributed by atoms with E-state index >= 15 is 0 Å². The van der Waals surface area contributed by atoms with E-state index in [1.165, 1.54) is 25.7 Å². The Balaban J connectivity index is -0.000000101. The molecule has 0 bridgehead atoms. The third-order valence-corrected chi connectivity index (χ3v) is 6.19. The summed E-state index contributed by atoms with van der Waals surface area (Å²) in [6, 6.07) is 0. The second-order valence-corrected chi connectivity index (χ2v) is 12.7. The standard InChI is InChI=1S/2C10H20O2.Fe.2Na.3H2O4S/c2*1-7(2)9-5-4-8(3)6-10(9)12-11;;;;3*1-5(2,3)4/h2*7-11H,4-6H2,1-3H3;;;;3*(H2,1,2,3,4)/q;;+2;2*+1;;;/p-4. The van der Waals surface area contributed by atoms with Gasteiger partial charge in [-0.3, -0.25) is 28.0 Å². The van der Waals surface area contributed by atoms with E-state index in [-0.39, 0.29) is 88.4 Å². The molecule has 6 unspecified atom stereocenters. The van der Waals surface area contributed by atoms with Crippen LogP contribution in [0.25, 0.3) is 0 Å². The fourth-order valence-corrected chi connectivity index (χ4v) is 4.47. The zero-order valence-electron chi connectivity index (χ0n) is 25.1. The van der Waals surface area contributed by atoms with Crippen molar-refractivity contribution in [3.8, 4) is 0 Å². The average Bonchev–Trinajstić information content (AvgIpc) is 2.69. The van der Waals surface area contributed by atoms with Gasteiger partial charge in [-0.05, 0) is 61.2 Å². The van der Waals surface area contributed by atoms with Crippen LogP contribution in [0.5, 0.6) is 0 Å². The smallest absolute Gasteiger partial charge is 0.759 e. The first-order chi connectivity index (χ1) is 17.3.